The molecule has 0 aliphatic heterocycles. The molecule has 14 heavy (non-hydrogen) atoms. The van der Waals surface area contributed by atoms with Crippen LogP contribution >= 0.6 is 0 Å². The molecule has 78 valence electrons. The number of aromatic nitrogens is 3. The summed E-state index contributed by atoms with van der Waals surface area (Å²) in [4.78, 5) is 4.24. The van der Waals surface area contributed by atoms with Gasteiger partial charge in [-0.05, 0) is 19.3 Å². The molecule has 1 aromatic rings. The molecule has 2 atom stereocenters. The van der Waals surface area contributed by atoms with Gasteiger partial charge in [-0.3, -0.25) is 0 Å². The van der Waals surface area contributed by atoms with Gasteiger partial charge in [0.25, 0.3) is 0 Å². The zero-order chi connectivity index (χ0) is 10.1. The molecule has 0 saturated heterocycles. The third-order valence-electron chi connectivity index (χ3n) is 2.83. The van der Waals surface area contributed by atoms with Crippen LogP contribution in [-0.2, 0) is 0 Å². The molecule has 1 aliphatic carbocycles. The van der Waals surface area contributed by atoms with E-state index >= 15 is 0 Å². The lowest BCUT2D eigenvalue weighted by Gasteiger charge is -2.13. The van der Waals surface area contributed by atoms with Gasteiger partial charge in [-0.1, -0.05) is 13.8 Å². The first-order valence-corrected chi connectivity index (χ1v) is 5.27. The van der Waals surface area contributed by atoms with Crippen LogP contribution in [0.2, 0.25) is 0 Å². The summed E-state index contributed by atoms with van der Waals surface area (Å²) in [6.45, 7) is 4.15. The van der Waals surface area contributed by atoms with Gasteiger partial charge in [0.2, 0.25) is 0 Å². The molecule has 4 nitrogen and oxygen atoms in total. The standard InChI is InChI=1S/C10H17N3O/c1-7(2)10-11-6-13(12-10)8-4-3-5-9(8)14/h6-9,14H,3-5H2,1-2H3/t8-,9-/m1/s1. The Kier molecular flexibility index (Phi) is 2.54. The average Bonchev–Trinajstić information content (AvgIpc) is 2.71. The summed E-state index contributed by atoms with van der Waals surface area (Å²) in [5, 5.41) is 14.1. The Labute approximate surface area is 84.0 Å². The van der Waals surface area contributed by atoms with Crippen LogP contribution in [0.25, 0.3) is 0 Å². The molecule has 1 saturated carbocycles. The smallest absolute Gasteiger partial charge is 0.153 e. The predicted octanol–water partition coefficient (Wildman–Crippen LogP) is 1.49. The van der Waals surface area contributed by atoms with Crippen LogP contribution in [0.1, 0.15) is 50.9 Å². The lowest BCUT2D eigenvalue weighted by molar-refractivity contribution is 0.130. The van der Waals surface area contributed by atoms with Gasteiger partial charge >= 0.3 is 0 Å². The molecule has 1 fully saturated rings. The Bertz CT molecular complexity index is 308. The van der Waals surface area contributed by atoms with Crippen LogP contribution in [0.3, 0.4) is 0 Å². The second kappa shape index (κ2) is 3.69. The Balaban J connectivity index is 2.16. The van der Waals surface area contributed by atoms with E-state index in [0.29, 0.717) is 5.92 Å². The van der Waals surface area contributed by atoms with Gasteiger partial charge < -0.3 is 5.11 Å². The Morgan fingerprint density at radius 3 is 2.79 bits per heavy atom. The van der Waals surface area contributed by atoms with E-state index in [9.17, 15) is 5.11 Å². The van der Waals surface area contributed by atoms with Gasteiger partial charge in [0.05, 0.1) is 12.1 Å². The Morgan fingerprint density at radius 2 is 2.29 bits per heavy atom. The molecule has 0 spiro atoms. The second-order valence-electron chi connectivity index (χ2n) is 4.30. The average molecular weight is 195 g/mol. The SMILES string of the molecule is CC(C)c1ncn([C@@H]2CCC[C@H]2O)n1. The van der Waals surface area contributed by atoms with Gasteiger partial charge in [0, 0.05) is 5.92 Å². The molecule has 1 aromatic heterocycles. The first kappa shape index (κ1) is 9.65. The minimum Gasteiger partial charge on any atom is -0.391 e. The number of rotatable bonds is 2. The lowest BCUT2D eigenvalue weighted by Crippen LogP contribution is -2.18. The van der Waals surface area contributed by atoms with Gasteiger partial charge in [-0.25, -0.2) is 9.67 Å². The first-order valence-electron chi connectivity index (χ1n) is 5.27. The summed E-state index contributed by atoms with van der Waals surface area (Å²) >= 11 is 0. The van der Waals surface area contributed by atoms with Crippen LogP contribution in [-0.4, -0.2) is 26.0 Å². The first-order chi connectivity index (χ1) is 6.68. The van der Waals surface area contributed by atoms with Crippen molar-refractivity contribution in [3.8, 4) is 0 Å². The predicted molar refractivity (Wildman–Crippen MR) is 53.0 cm³/mol. The highest BCUT2D eigenvalue weighted by molar-refractivity contribution is 4.91. The van der Waals surface area contributed by atoms with Crippen LogP contribution in [0.5, 0.6) is 0 Å². The van der Waals surface area contributed by atoms with Crippen molar-refractivity contribution < 1.29 is 5.11 Å². The molecule has 1 heterocycles. The zero-order valence-corrected chi connectivity index (χ0v) is 8.72. The molecule has 0 bridgehead atoms. The van der Waals surface area contributed by atoms with Crippen molar-refractivity contribution in [2.75, 3.05) is 0 Å². The van der Waals surface area contributed by atoms with E-state index in [1.165, 1.54) is 0 Å². The molecule has 4 heteroatoms. The van der Waals surface area contributed by atoms with Gasteiger partial charge in [-0.15, -0.1) is 0 Å². The normalized spacial score (nSPS) is 27.4. The van der Waals surface area contributed by atoms with Crippen LogP contribution < -0.4 is 0 Å². The van der Waals surface area contributed by atoms with E-state index in [4.69, 9.17) is 0 Å². The largest absolute Gasteiger partial charge is 0.391 e. The lowest BCUT2D eigenvalue weighted by atomic mass is 10.2. The zero-order valence-electron chi connectivity index (χ0n) is 8.72. The molecule has 2 rings (SSSR count). The van der Waals surface area contributed by atoms with Crippen LogP contribution in [0.4, 0.5) is 0 Å². The quantitative estimate of drug-likeness (QED) is 0.777. The molecule has 0 unspecified atom stereocenters. The summed E-state index contributed by atoms with van der Waals surface area (Å²) in [5.41, 5.74) is 0. The van der Waals surface area contributed by atoms with E-state index < -0.39 is 0 Å². The van der Waals surface area contributed by atoms with Gasteiger partial charge in [-0.2, -0.15) is 5.10 Å². The van der Waals surface area contributed by atoms with Crippen molar-refractivity contribution in [3.05, 3.63) is 12.2 Å². The molecule has 1 N–H and O–H groups in total. The van der Waals surface area contributed by atoms with Crippen molar-refractivity contribution in [2.24, 2.45) is 0 Å². The Morgan fingerprint density at radius 1 is 1.50 bits per heavy atom. The fourth-order valence-electron chi connectivity index (χ4n) is 1.94. The van der Waals surface area contributed by atoms with Gasteiger partial charge in [0.15, 0.2) is 5.82 Å². The van der Waals surface area contributed by atoms with Crippen molar-refractivity contribution in [2.45, 2.75) is 51.2 Å². The van der Waals surface area contributed by atoms with Crippen molar-refractivity contribution in [3.63, 3.8) is 0 Å². The van der Waals surface area contributed by atoms with Crippen LogP contribution in [0.15, 0.2) is 6.33 Å². The van der Waals surface area contributed by atoms with Crippen molar-refractivity contribution >= 4 is 0 Å². The summed E-state index contributed by atoms with van der Waals surface area (Å²) in [6.07, 6.45) is 4.50. The van der Waals surface area contributed by atoms with E-state index in [-0.39, 0.29) is 12.1 Å². The number of aliphatic hydroxyl groups excluding tert-OH is 1. The maximum atomic E-state index is 9.70. The highest BCUT2D eigenvalue weighted by Crippen LogP contribution is 2.29. The monoisotopic (exact) mass is 195 g/mol. The summed E-state index contributed by atoms with van der Waals surface area (Å²) in [6, 6.07) is 0.148. The van der Waals surface area contributed by atoms with E-state index in [0.717, 1.165) is 25.1 Å². The summed E-state index contributed by atoms with van der Waals surface area (Å²) in [5.74, 6) is 1.22. The maximum absolute atomic E-state index is 9.70. The molecule has 1 aliphatic rings. The molecular weight excluding hydrogens is 178 g/mol. The van der Waals surface area contributed by atoms with E-state index in [2.05, 4.69) is 23.9 Å². The number of hydrogen-bond acceptors (Lipinski definition) is 3. The minimum absolute atomic E-state index is 0.148. The molecular formula is C10H17N3O. The van der Waals surface area contributed by atoms with Crippen LogP contribution in [0, 0.1) is 0 Å². The fourth-order valence-corrected chi connectivity index (χ4v) is 1.94. The second-order valence-corrected chi connectivity index (χ2v) is 4.30. The maximum Gasteiger partial charge on any atom is 0.153 e. The number of nitrogens with zero attached hydrogens (tertiary/aromatic N) is 3. The molecule has 0 amide bonds. The van der Waals surface area contributed by atoms with Gasteiger partial charge in [0.1, 0.15) is 6.33 Å². The van der Waals surface area contributed by atoms with E-state index in [1.54, 1.807) is 6.33 Å². The van der Waals surface area contributed by atoms with Crippen molar-refractivity contribution in [1.82, 2.24) is 14.8 Å². The third kappa shape index (κ3) is 1.66. The molecule has 0 radical (unpaired) electrons. The minimum atomic E-state index is -0.239. The van der Waals surface area contributed by atoms with E-state index in [1.807, 2.05) is 4.68 Å². The molecule has 0 aromatic carbocycles. The highest BCUT2D eigenvalue weighted by Gasteiger charge is 2.27. The number of aliphatic hydroxyl groups is 1. The fraction of sp³-hybridized carbons (Fsp3) is 0.800. The number of hydrogen-bond donors (Lipinski definition) is 1. The highest BCUT2D eigenvalue weighted by atomic mass is 16.3. The summed E-state index contributed by atoms with van der Waals surface area (Å²) in [7, 11) is 0. The topological polar surface area (TPSA) is 50.9 Å². The summed E-state index contributed by atoms with van der Waals surface area (Å²) < 4.78 is 1.83. The Hall–Kier alpha value is -0.900. The third-order valence-corrected chi connectivity index (χ3v) is 2.83. The van der Waals surface area contributed by atoms with Crippen molar-refractivity contribution in [1.29, 1.82) is 0 Å².